The number of amides is 1. The van der Waals surface area contributed by atoms with Crippen LogP contribution in [-0.4, -0.2) is 46.5 Å². The number of hydrogen-bond donors (Lipinski definition) is 0. The molecule has 0 saturated carbocycles. The van der Waals surface area contributed by atoms with Crippen LogP contribution >= 0.6 is 0 Å². The summed E-state index contributed by atoms with van der Waals surface area (Å²) in [6, 6.07) is 7.80. The summed E-state index contributed by atoms with van der Waals surface area (Å²) in [6.07, 6.45) is 6.33. The zero-order chi connectivity index (χ0) is 19.5. The van der Waals surface area contributed by atoms with Crippen LogP contribution in [0, 0.1) is 5.92 Å². The Morgan fingerprint density at radius 1 is 1.04 bits per heavy atom. The largest absolute Gasteiger partial charge is 0.352 e. The van der Waals surface area contributed by atoms with Crippen LogP contribution < -0.4 is 10.5 Å². The molecule has 0 N–H and O–H groups in total. The van der Waals surface area contributed by atoms with Gasteiger partial charge in [0.05, 0.1) is 11.0 Å². The van der Waals surface area contributed by atoms with Crippen LogP contribution in [0.3, 0.4) is 0 Å². The lowest BCUT2D eigenvalue weighted by atomic mass is 9.95. The summed E-state index contributed by atoms with van der Waals surface area (Å²) in [6.45, 7) is 5.87. The van der Waals surface area contributed by atoms with Gasteiger partial charge in [-0.1, -0.05) is 25.0 Å². The fourth-order valence-electron chi connectivity index (χ4n) is 4.59. The molecule has 6 heteroatoms. The molecular formula is C22H30N4O2. The Balaban J connectivity index is 1.50. The van der Waals surface area contributed by atoms with E-state index in [0.29, 0.717) is 31.4 Å². The molecule has 2 saturated heterocycles. The first-order chi connectivity index (χ1) is 13.7. The van der Waals surface area contributed by atoms with Crippen molar-refractivity contribution >= 4 is 22.8 Å². The predicted molar refractivity (Wildman–Crippen MR) is 112 cm³/mol. The molecule has 2 fully saturated rings. The van der Waals surface area contributed by atoms with E-state index < -0.39 is 0 Å². The van der Waals surface area contributed by atoms with Gasteiger partial charge in [0.25, 0.3) is 5.56 Å². The summed E-state index contributed by atoms with van der Waals surface area (Å²) in [5.41, 5.74) is 1.70. The van der Waals surface area contributed by atoms with E-state index in [0.717, 1.165) is 49.8 Å². The highest BCUT2D eigenvalue weighted by molar-refractivity contribution is 5.79. The molecule has 0 aliphatic carbocycles. The van der Waals surface area contributed by atoms with Crippen molar-refractivity contribution in [3.63, 3.8) is 0 Å². The van der Waals surface area contributed by atoms with Crippen LogP contribution in [0.25, 0.3) is 11.0 Å². The third kappa shape index (κ3) is 3.64. The fourth-order valence-corrected chi connectivity index (χ4v) is 4.59. The Hall–Kier alpha value is -2.37. The number of piperidine rings is 1. The Bertz CT molecular complexity index is 891. The van der Waals surface area contributed by atoms with Crippen LogP contribution in [0.2, 0.25) is 0 Å². The van der Waals surface area contributed by atoms with Crippen LogP contribution in [0.5, 0.6) is 0 Å². The van der Waals surface area contributed by atoms with Crippen LogP contribution in [0.1, 0.15) is 45.4 Å². The van der Waals surface area contributed by atoms with E-state index in [-0.39, 0.29) is 11.5 Å². The van der Waals surface area contributed by atoms with E-state index >= 15 is 0 Å². The zero-order valence-corrected chi connectivity index (χ0v) is 16.8. The highest BCUT2D eigenvalue weighted by atomic mass is 16.2. The van der Waals surface area contributed by atoms with Gasteiger partial charge in [-0.3, -0.25) is 9.59 Å². The lowest BCUT2D eigenvalue weighted by Gasteiger charge is -2.34. The number of hydrogen-bond acceptors (Lipinski definition) is 4. The minimum Gasteiger partial charge on any atom is -0.352 e. The highest BCUT2D eigenvalue weighted by Gasteiger charge is 2.30. The van der Waals surface area contributed by atoms with Gasteiger partial charge in [0, 0.05) is 38.6 Å². The highest BCUT2D eigenvalue weighted by Crippen LogP contribution is 2.24. The number of rotatable bonds is 3. The molecule has 1 aromatic heterocycles. The smallest absolute Gasteiger partial charge is 0.293 e. The molecule has 1 amide bonds. The first-order valence-electron chi connectivity index (χ1n) is 10.7. The number of fused-ring (bicyclic) bond motifs is 1. The SMILES string of the molecule is CCn1c(=O)c(N2CCC(C(=O)N3CCCCCC3)CC2)nc2ccccc21. The maximum absolute atomic E-state index is 13.0. The maximum Gasteiger partial charge on any atom is 0.293 e. The number of aromatic nitrogens is 2. The number of benzene rings is 1. The normalized spacial score (nSPS) is 19.0. The van der Waals surface area contributed by atoms with Gasteiger partial charge in [-0.25, -0.2) is 4.98 Å². The van der Waals surface area contributed by atoms with Crippen LogP contribution in [0.15, 0.2) is 29.1 Å². The van der Waals surface area contributed by atoms with Gasteiger partial charge < -0.3 is 14.4 Å². The van der Waals surface area contributed by atoms with Crippen molar-refractivity contribution in [3.05, 3.63) is 34.6 Å². The first kappa shape index (κ1) is 19.0. The number of carbonyl (C=O) groups excluding carboxylic acids is 1. The van der Waals surface area contributed by atoms with E-state index in [1.807, 2.05) is 31.2 Å². The summed E-state index contributed by atoms with van der Waals surface area (Å²) < 4.78 is 1.80. The second-order valence-corrected chi connectivity index (χ2v) is 7.97. The molecule has 2 aliphatic rings. The third-order valence-corrected chi connectivity index (χ3v) is 6.21. The van der Waals surface area contributed by atoms with Crippen molar-refractivity contribution in [1.29, 1.82) is 0 Å². The number of anilines is 1. The molecule has 2 aromatic rings. The number of aryl methyl sites for hydroxylation is 1. The number of nitrogens with zero attached hydrogens (tertiary/aromatic N) is 4. The molecule has 3 heterocycles. The van der Waals surface area contributed by atoms with Gasteiger partial charge in [0.15, 0.2) is 5.82 Å². The third-order valence-electron chi connectivity index (χ3n) is 6.21. The summed E-state index contributed by atoms with van der Waals surface area (Å²) in [5, 5.41) is 0. The van der Waals surface area contributed by atoms with Crippen LogP contribution in [0.4, 0.5) is 5.82 Å². The van der Waals surface area contributed by atoms with Crippen molar-refractivity contribution in [2.75, 3.05) is 31.1 Å². The molecule has 0 unspecified atom stereocenters. The monoisotopic (exact) mass is 382 g/mol. The van der Waals surface area contributed by atoms with E-state index in [2.05, 4.69) is 14.8 Å². The summed E-state index contributed by atoms with van der Waals surface area (Å²) in [5.74, 6) is 0.934. The molecule has 1 aromatic carbocycles. The van der Waals surface area contributed by atoms with Gasteiger partial charge in [-0.15, -0.1) is 0 Å². The molecule has 4 rings (SSSR count). The average Bonchev–Trinajstić information content (AvgIpc) is 3.02. The van der Waals surface area contributed by atoms with Gasteiger partial charge in [0.2, 0.25) is 5.91 Å². The van der Waals surface area contributed by atoms with Gasteiger partial charge >= 0.3 is 0 Å². The molecule has 150 valence electrons. The maximum atomic E-state index is 13.0. The molecule has 0 bridgehead atoms. The quantitative estimate of drug-likeness (QED) is 0.819. The Morgan fingerprint density at radius 3 is 2.39 bits per heavy atom. The molecule has 28 heavy (non-hydrogen) atoms. The Labute approximate surface area is 166 Å². The second-order valence-electron chi connectivity index (χ2n) is 7.97. The van der Waals surface area contributed by atoms with Crippen molar-refractivity contribution in [3.8, 4) is 0 Å². The van der Waals surface area contributed by atoms with E-state index in [1.54, 1.807) is 4.57 Å². The van der Waals surface area contributed by atoms with Crippen molar-refractivity contribution in [2.24, 2.45) is 5.92 Å². The minimum absolute atomic E-state index is 0.0292. The average molecular weight is 383 g/mol. The Kier molecular flexibility index (Phi) is 5.64. The minimum atomic E-state index is -0.0292. The summed E-state index contributed by atoms with van der Waals surface area (Å²) >= 11 is 0. The number of carbonyl (C=O) groups is 1. The van der Waals surface area contributed by atoms with Gasteiger partial charge in [-0.2, -0.15) is 0 Å². The predicted octanol–water partition coefficient (Wildman–Crippen LogP) is 3.04. The van der Waals surface area contributed by atoms with E-state index in [9.17, 15) is 9.59 Å². The standard InChI is InChI=1S/C22H30N4O2/c1-2-26-19-10-6-5-9-18(19)23-20(22(26)28)24-15-11-17(12-16-24)21(27)25-13-7-3-4-8-14-25/h5-6,9-10,17H,2-4,7-8,11-16H2,1H3. The van der Waals surface area contributed by atoms with Crippen LogP contribution in [-0.2, 0) is 11.3 Å². The number of likely N-dealkylation sites (tertiary alicyclic amines) is 1. The van der Waals surface area contributed by atoms with Crippen molar-refractivity contribution in [1.82, 2.24) is 14.5 Å². The van der Waals surface area contributed by atoms with Crippen molar-refractivity contribution in [2.45, 2.75) is 52.0 Å². The zero-order valence-electron chi connectivity index (χ0n) is 16.8. The summed E-state index contributed by atoms with van der Waals surface area (Å²) in [4.78, 5) is 34.7. The van der Waals surface area contributed by atoms with Gasteiger partial charge in [-0.05, 0) is 44.7 Å². The number of para-hydroxylation sites is 2. The second kappa shape index (κ2) is 8.33. The molecule has 6 nitrogen and oxygen atoms in total. The van der Waals surface area contributed by atoms with E-state index in [4.69, 9.17) is 0 Å². The molecule has 0 atom stereocenters. The molecule has 0 radical (unpaired) electrons. The molecular weight excluding hydrogens is 352 g/mol. The van der Waals surface area contributed by atoms with E-state index in [1.165, 1.54) is 12.8 Å². The fraction of sp³-hybridized carbons (Fsp3) is 0.591. The molecule has 2 aliphatic heterocycles. The lowest BCUT2D eigenvalue weighted by Crippen LogP contribution is -2.44. The van der Waals surface area contributed by atoms with Crippen molar-refractivity contribution < 1.29 is 4.79 Å². The topological polar surface area (TPSA) is 58.4 Å². The lowest BCUT2D eigenvalue weighted by molar-refractivity contribution is -0.136. The van der Waals surface area contributed by atoms with Gasteiger partial charge in [0.1, 0.15) is 0 Å². The summed E-state index contributed by atoms with van der Waals surface area (Å²) in [7, 11) is 0. The molecule has 0 spiro atoms. The Morgan fingerprint density at radius 2 is 1.71 bits per heavy atom. The first-order valence-corrected chi connectivity index (χ1v) is 10.7.